The molecule has 0 spiro atoms. The number of nitrogens with zero attached hydrogens (tertiary/aromatic N) is 2. The van der Waals surface area contributed by atoms with Crippen LogP contribution in [0.5, 0.6) is 0 Å². The zero-order valence-corrected chi connectivity index (χ0v) is 19.5. The van der Waals surface area contributed by atoms with Crippen molar-refractivity contribution in [3.63, 3.8) is 0 Å². The minimum atomic E-state index is -1.15. The molecular weight excluding hydrogens is 460 g/mol. The number of para-hydroxylation sites is 1. The first-order valence-corrected chi connectivity index (χ1v) is 11.4. The molecule has 0 radical (unpaired) electrons. The average molecular weight is 481 g/mol. The summed E-state index contributed by atoms with van der Waals surface area (Å²) in [7, 11) is 1.65. The summed E-state index contributed by atoms with van der Waals surface area (Å²) in [4.78, 5) is 45.0. The van der Waals surface area contributed by atoms with Gasteiger partial charge in [-0.1, -0.05) is 60.1 Å². The number of nitrogens with one attached hydrogen (secondary N) is 2. The van der Waals surface area contributed by atoms with Crippen molar-refractivity contribution in [1.29, 1.82) is 0 Å². The molecule has 0 aliphatic carbocycles. The lowest BCUT2D eigenvalue weighted by Crippen LogP contribution is -2.52. The van der Waals surface area contributed by atoms with Gasteiger partial charge >= 0.3 is 0 Å². The van der Waals surface area contributed by atoms with Crippen LogP contribution < -0.4 is 15.5 Å². The lowest BCUT2D eigenvalue weighted by Gasteiger charge is -2.22. The van der Waals surface area contributed by atoms with Crippen LogP contribution in [0.15, 0.2) is 71.7 Å². The maximum atomic E-state index is 13.2. The van der Waals surface area contributed by atoms with Crippen molar-refractivity contribution >= 4 is 52.1 Å². The van der Waals surface area contributed by atoms with Gasteiger partial charge in [-0.2, -0.15) is 0 Å². The van der Waals surface area contributed by atoms with Gasteiger partial charge in [0.15, 0.2) is 0 Å². The molecule has 4 rings (SSSR count). The number of anilines is 1. The number of benzodiazepines with no additional fused rings is 1. The van der Waals surface area contributed by atoms with E-state index in [4.69, 9.17) is 11.6 Å². The average Bonchev–Trinajstić information content (AvgIpc) is 3.23. The second kappa shape index (κ2) is 9.56. The number of rotatable bonds is 5. The zero-order valence-electron chi connectivity index (χ0n) is 17.9. The fourth-order valence-corrected chi connectivity index (χ4v) is 4.42. The van der Waals surface area contributed by atoms with E-state index in [1.165, 1.54) is 4.90 Å². The number of aliphatic imine (C=N–C) groups is 1. The van der Waals surface area contributed by atoms with Crippen molar-refractivity contribution in [2.24, 2.45) is 4.99 Å². The number of hydrogen-bond donors (Lipinski definition) is 2. The van der Waals surface area contributed by atoms with Gasteiger partial charge in [-0.15, -0.1) is 11.3 Å². The first-order valence-electron chi connectivity index (χ1n) is 10.2. The van der Waals surface area contributed by atoms with E-state index >= 15 is 0 Å². The number of fused-ring (bicyclic) bond motifs is 1. The van der Waals surface area contributed by atoms with E-state index in [1.807, 2.05) is 54.6 Å². The fourth-order valence-electron chi connectivity index (χ4n) is 3.47. The Hall–Kier alpha value is -3.49. The van der Waals surface area contributed by atoms with Gasteiger partial charge in [-0.05, 0) is 25.1 Å². The quantitative estimate of drug-likeness (QED) is 0.585. The molecule has 1 aliphatic rings. The summed E-state index contributed by atoms with van der Waals surface area (Å²) in [5.74, 6) is -1.33. The molecule has 1 unspecified atom stereocenters. The lowest BCUT2D eigenvalue weighted by molar-refractivity contribution is -0.128. The first kappa shape index (κ1) is 22.7. The molecule has 168 valence electrons. The number of likely N-dealkylation sites (N-methyl/N-ethyl adjacent to an activating group) is 1. The summed E-state index contributed by atoms with van der Waals surface area (Å²) in [5.41, 5.74) is 2.90. The van der Waals surface area contributed by atoms with Gasteiger partial charge in [-0.3, -0.25) is 14.4 Å². The Morgan fingerprint density at radius 1 is 1.06 bits per heavy atom. The zero-order chi connectivity index (χ0) is 23.5. The second-order valence-corrected chi connectivity index (χ2v) is 9.18. The van der Waals surface area contributed by atoms with Crippen molar-refractivity contribution in [2.45, 2.75) is 19.1 Å². The van der Waals surface area contributed by atoms with Crippen molar-refractivity contribution in [3.8, 4) is 0 Å². The molecule has 0 saturated carbocycles. The molecule has 0 fully saturated rings. The van der Waals surface area contributed by atoms with Crippen LogP contribution in [-0.4, -0.2) is 42.7 Å². The first-order chi connectivity index (χ1) is 15.8. The van der Waals surface area contributed by atoms with E-state index in [-0.39, 0.29) is 5.91 Å². The van der Waals surface area contributed by atoms with Crippen LogP contribution in [0.2, 0.25) is 4.34 Å². The van der Waals surface area contributed by atoms with Gasteiger partial charge in [-0.25, -0.2) is 4.99 Å². The molecule has 1 aliphatic heterocycles. The normalized spacial score (nSPS) is 16.3. The summed E-state index contributed by atoms with van der Waals surface area (Å²) in [5, 5.41) is 5.31. The monoisotopic (exact) mass is 480 g/mol. The van der Waals surface area contributed by atoms with E-state index in [0.29, 0.717) is 20.6 Å². The number of carbonyl (C=O) groups is 3. The number of halogens is 1. The van der Waals surface area contributed by atoms with Crippen molar-refractivity contribution in [3.05, 3.63) is 87.1 Å². The Kier molecular flexibility index (Phi) is 6.57. The van der Waals surface area contributed by atoms with Crippen molar-refractivity contribution < 1.29 is 14.4 Å². The van der Waals surface area contributed by atoms with Crippen LogP contribution >= 0.6 is 22.9 Å². The van der Waals surface area contributed by atoms with Gasteiger partial charge in [0, 0.05) is 18.2 Å². The Bertz CT molecular complexity index is 1240. The van der Waals surface area contributed by atoms with Gasteiger partial charge in [0.25, 0.3) is 11.8 Å². The van der Waals surface area contributed by atoms with Crippen LogP contribution in [0.3, 0.4) is 0 Å². The Morgan fingerprint density at radius 3 is 2.45 bits per heavy atom. The van der Waals surface area contributed by atoms with Gasteiger partial charge < -0.3 is 15.5 Å². The highest BCUT2D eigenvalue weighted by molar-refractivity contribution is 7.18. The molecular formula is C24H21ClN4O3S. The Balaban J connectivity index is 1.60. The predicted molar refractivity (Wildman–Crippen MR) is 130 cm³/mol. The third-order valence-corrected chi connectivity index (χ3v) is 6.44. The molecule has 9 heteroatoms. The highest BCUT2D eigenvalue weighted by Gasteiger charge is 2.32. The number of carbonyl (C=O) groups excluding carboxylic acids is 3. The van der Waals surface area contributed by atoms with Crippen LogP contribution in [0.4, 0.5) is 5.69 Å². The van der Waals surface area contributed by atoms with E-state index < -0.39 is 24.0 Å². The standard InChI is InChI=1S/C24H21ClN4O3S/c1-14(26-23(31)18-12-13-19(25)33-18)22(30)28-21-24(32)29(2)17-11-7-6-10-16(17)20(27-21)15-8-4-3-5-9-15/h3-14,21H,1-2H3,(H,26,31)(H,28,30)/t14-,21?/m0/s1. The summed E-state index contributed by atoms with van der Waals surface area (Å²) in [6, 6.07) is 19.2. The number of amides is 3. The lowest BCUT2D eigenvalue weighted by atomic mass is 10.0. The third kappa shape index (κ3) is 4.81. The fraction of sp³-hybridized carbons (Fsp3) is 0.167. The number of hydrogen-bond acceptors (Lipinski definition) is 5. The van der Waals surface area contributed by atoms with E-state index in [1.54, 1.807) is 26.1 Å². The summed E-state index contributed by atoms with van der Waals surface area (Å²) < 4.78 is 0.478. The van der Waals surface area contributed by atoms with Crippen LogP contribution in [0.1, 0.15) is 27.7 Å². The maximum Gasteiger partial charge on any atom is 0.272 e. The molecule has 7 nitrogen and oxygen atoms in total. The molecule has 33 heavy (non-hydrogen) atoms. The van der Waals surface area contributed by atoms with Gasteiger partial charge in [0.1, 0.15) is 6.04 Å². The van der Waals surface area contributed by atoms with Crippen molar-refractivity contribution in [2.75, 3.05) is 11.9 Å². The van der Waals surface area contributed by atoms with E-state index in [2.05, 4.69) is 15.6 Å². The SMILES string of the molecule is C[C@H](NC(=O)c1ccc(Cl)s1)C(=O)NC1N=C(c2ccccc2)c2ccccc2N(C)C1=O. The molecule has 2 heterocycles. The van der Waals surface area contributed by atoms with E-state index in [0.717, 1.165) is 22.5 Å². The molecule has 2 N–H and O–H groups in total. The number of thiophene rings is 1. The molecule has 1 aromatic heterocycles. The highest BCUT2D eigenvalue weighted by atomic mass is 35.5. The summed E-state index contributed by atoms with van der Waals surface area (Å²) in [6.45, 7) is 1.55. The molecule has 2 aromatic carbocycles. The minimum absolute atomic E-state index is 0.384. The largest absolute Gasteiger partial charge is 0.340 e. The van der Waals surface area contributed by atoms with Crippen LogP contribution in [-0.2, 0) is 9.59 Å². The topological polar surface area (TPSA) is 90.9 Å². The Labute approximate surface area is 200 Å². The van der Waals surface area contributed by atoms with Gasteiger partial charge in [0.2, 0.25) is 12.1 Å². The molecule has 3 amide bonds. The van der Waals surface area contributed by atoms with Gasteiger partial charge in [0.05, 0.1) is 20.6 Å². The highest BCUT2D eigenvalue weighted by Crippen LogP contribution is 2.27. The molecule has 2 atom stereocenters. The minimum Gasteiger partial charge on any atom is -0.340 e. The predicted octanol–water partition coefficient (Wildman–Crippen LogP) is 3.48. The molecule has 0 saturated heterocycles. The number of benzene rings is 2. The summed E-state index contributed by atoms with van der Waals surface area (Å²) in [6.07, 6.45) is -1.15. The molecule has 3 aromatic rings. The molecule has 0 bridgehead atoms. The smallest absolute Gasteiger partial charge is 0.272 e. The van der Waals surface area contributed by atoms with Crippen LogP contribution in [0.25, 0.3) is 0 Å². The maximum absolute atomic E-state index is 13.2. The van der Waals surface area contributed by atoms with E-state index in [9.17, 15) is 14.4 Å². The Morgan fingerprint density at radius 2 is 1.76 bits per heavy atom. The summed E-state index contributed by atoms with van der Waals surface area (Å²) >= 11 is 7.00. The second-order valence-electron chi connectivity index (χ2n) is 7.47. The van der Waals surface area contributed by atoms with Crippen LogP contribution in [0, 0.1) is 0 Å². The van der Waals surface area contributed by atoms with Crippen molar-refractivity contribution in [1.82, 2.24) is 10.6 Å². The third-order valence-electron chi connectivity index (χ3n) is 5.21.